The van der Waals surface area contributed by atoms with Crippen LogP contribution in [0.25, 0.3) is 11.0 Å². The number of hydrogen-bond acceptors (Lipinski definition) is 4. The molecule has 3 aromatic rings. The zero-order valence-electron chi connectivity index (χ0n) is 12.5. The third-order valence-electron chi connectivity index (χ3n) is 4.32. The molecule has 0 radical (unpaired) electrons. The van der Waals surface area contributed by atoms with Crippen molar-refractivity contribution in [2.45, 2.75) is 12.5 Å². The van der Waals surface area contributed by atoms with E-state index in [1.807, 2.05) is 30.1 Å². The van der Waals surface area contributed by atoms with Crippen LogP contribution in [-0.2, 0) is 11.8 Å². The van der Waals surface area contributed by atoms with E-state index in [4.69, 9.17) is 4.74 Å². The Kier molecular flexibility index (Phi) is 3.31. The van der Waals surface area contributed by atoms with Crippen LogP contribution in [-0.4, -0.2) is 32.7 Å². The molecule has 0 bridgehead atoms. The quantitative estimate of drug-likeness (QED) is 0.776. The predicted molar refractivity (Wildman–Crippen MR) is 84.6 cm³/mol. The monoisotopic (exact) mass is 297 g/mol. The highest BCUT2D eigenvalue weighted by Gasteiger charge is 2.32. The molecule has 0 unspecified atom stereocenters. The van der Waals surface area contributed by atoms with Crippen LogP contribution in [0.1, 0.15) is 18.3 Å². The topological polar surface area (TPSA) is 67.8 Å². The molecule has 6 heteroatoms. The first-order valence-corrected chi connectivity index (χ1v) is 7.57. The minimum atomic E-state index is 0.0726. The van der Waals surface area contributed by atoms with Gasteiger partial charge in [0.1, 0.15) is 11.9 Å². The summed E-state index contributed by atoms with van der Waals surface area (Å²) in [4.78, 5) is 11.8. The lowest BCUT2D eigenvalue weighted by Crippen LogP contribution is -2.20. The largest absolute Gasteiger partial charge is 0.385 e. The zero-order chi connectivity index (χ0) is 14.9. The van der Waals surface area contributed by atoms with Gasteiger partial charge in [-0.2, -0.15) is 0 Å². The number of fused-ring (bicyclic) bond motifs is 1. The highest BCUT2D eigenvalue weighted by molar-refractivity contribution is 5.78. The van der Waals surface area contributed by atoms with Gasteiger partial charge in [0, 0.05) is 44.2 Å². The number of hydrogen-bond donors (Lipinski definition) is 2. The van der Waals surface area contributed by atoms with Crippen LogP contribution in [0.2, 0.25) is 0 Å². The lowest BCUT2D eigenvalue weighted by Gasteiger charge is -2.19. The number of rotatable bonds is 4. The van der Waals surface area contributed by atoms with Crippen molar-refractivity contribution < 1.29 is 4.74 Å². The summed E-state index contributed by atoms with van der Waals surface area (Å²) in [6.45, 7) is 1.67. The van der Waals surface area contributed by atoms with E-state index in [9.17, 15) is 0 Å². The summed E-state index contributed by atoms with van der Waals surface area (Å²) in [5.74, 6) is 1.44. The molecule has 1 aromatic carbocycles. The summed E-state index contributed by atoms with van der Waals surface area (Å²) in [5.41, 5.74) is 3.14. The molecule has 2 N–H and O–H groups in total. The lowest BCUT2D eigenvalue weighted by molar-refractivity contribution is 0.0839. The van der Waals surface area contributed by atoms with Crippen LogP contribution in [0.15, 0.2) is 36.9 Å². The molecule has 1 fully saturated rings. The van der Waals surface area contributed by atoms with Gasteiger partial charge >= 0.3 is 0 Å². The van der Waals surface area contributed by atoms with E-state index in [1.54, 1.807) is 6.33 Å². The Bertz CT molecular complexity index is 778. The fourth-order valence-corrected chi connectivity index (χ4v) is 3.07. The van der Waals surface area contributed by atoms with Gasteiger partial charge in [-0.05, 0) is 24.6 Å². The Morgan fingerprint density at radius 3 is 3.23 bits per heavy atom. The van der Waals surface area contributed by atoms with Crippen molar-refractivity contribution in [1.29, 1.82) is 0 Å². The highest BCUT2D eigenvalue weighted by Crippen LogP contribution is 2.33. The van der Waals surface area contributed by atoms with Gasteiger partial charge in [0.05, 0.1) is 17.4 Å². The summed E-state index contributed by atoms with van der Waals surface area (Å²) >= 11 is 0. The van der Waals surface area contributed by atoms with Crippen LogP contribution in [0, 0.1) is 5.92 Å². The first kappa shape index (κ1) is 13.3. The predicted octanol–water partition coefficient (Wildman–Crippen LogP) is 2.49. The number of aryl methyl sites for hydroxylation is 1. The fraction of sp³-hybridized carbons (Fsp3) is 0.375. The second-order valence-corrected chi connectivity index (χ2v) is 5.75. The molecule has 114 valence electrons. The number of imidazole rings is 2. The Morgan fingerprint density at radius 1 is 1.41 bits per heavy atom. The maximum atomic E-state index is 5.90. The molecule has 0 saturated carbocycles. The molecule has 1 aliphatic heterocycles. The zero-order valence-corrected chi connectivity index (χ0v) is 12.5. The number of nitrogens with zero attached hydrogens (tertiary/aromatic N) is 3. The van der Waals surface area contributed by atoms with Crippen molar-refractivity contribution in [1.82, 2.24) is 19.5 Å². The third-order valence-corrected chi connectivity index (χ3v) is 4.32. The van der Waals surface area contributed by atoms with E-state index < -0.39 is 0 Å². The molecule has 1 saturated heterocycles. The SMILES string of the molecule is Cn1ccnc1[C@@H]1OCC[C@H]1CNc1ccc2nc[nH]c2c1. The van der Waals surface area contributed by atoms with Gasteiger partial charge in [0.25, 0.3) is 0 Å². The van der Waals surface area contributed by atoms with Gasteiger partial charge in [-0.3, -0.25) is 0 Å². The summed E-state index contributed by atoms with van der Waals surface area (Å²) in [6, 6.07) is 6.18. The number of aromatic amines is 1. The smallest absolute Gasteiger partial charge is 0.138 e. The second kappa shape index (κ2) is 5.46. The average Bonchev–Trinajstić information content (AvgIpc) is 3.24. The van der Waals surface area contributed by atoms with Gasteiger partial charge < -0.3 is 19.6 Å². The van der Waals surface area contributed by atoms with Crippen LogP contribution < -0.4 is 5.32 Å². The molecular weight excluding hydrogens is 278 g/mol. The summed E-state index contributed by atoms with van der Waals surface area (Å²) < 4.78 is 7.94. The van der Waals surface area contributed by atoms with Gasteiger partial charge in [0.2, 0.25) is 0 Å². The van der Waals surface area contributed by atoms with Crippen molar-refractivity contribution in [2.75, 3.05) is 18.5 Å². The van der Waals surface area contributed by atoms with Gasteiger partial charge in [-0.15, -0.1) is 0 Å². The molecule has 0 aliphatic carbocycles. The van der Waals surface area contributed by atoms with Crippen LogP contribution in [0.3, 0.4) is 0 Å². The second-order valence-electron chi connectivity index (χ2n) is 5.75. The van der Waals surface area contributed by atoms with Crippen LogP contribution >= 0.6 is 0 Å². The number of benzene rings is 1. The lowest BCUT2D eigenvalue weighted by atomic mass is 10.0. The van der Waals surface area contributed by atoms with Crippen molar-refractivity contribution >= 4 is 16.7 Å². The van der Waals surface area contributed by atoms with Gasteiger partial charge in [0.15, 0.2) is 0 Å². The number of aromatic nitrogens is 4. The molecule has 4 rings (SSSR count). The molecule has 3 heterocycles. The van der Waals surface area contributed by atoms with Crippen LogP contribution in [0.4, 0.5) is 5.69 Å². The summed E-state index contributed by atoms with van der Waals surface area (Å²) in [6.07, 6.45) is 6.64. The van der Waals surface area contributed by atoms with E-state index in [0.717, 1.165) is 42.1 Å². The molecule has 1 aliphatic rings. The van der Waals surface area contributed by atoms with E-state index >= 15 is 0 Å². The van der Waals surface area contributed by atoms with Crippen molar-refractivity contribution in [3.8, 4) is 0 Å². The van der Waals surface area contributed by atoms with E-state index in [0.29, 0.717) is 5.92 Å². The third kappa shape index (κ3) is 2.35. The molecule has 2 aromatic heterocycles. The normalized spacial score (nSPS) is 21.5. The molecule has 22 heavy (non-hydrogen) atoms. The Labute approximate surface area is 128 Å². The van der Waals surface area contributed by atoms with E-state index in [2.05, 4.69) is 32.4 Å². The van der Waals surface area contributed by atoms with Gasteiger partial charge in [-0.1, -0.05) is 0 Å². The summed E-state index contributed by atoms with van der Waals surface area (Å²) in [5, 5.41) is 3.52. The molecule has 0 spiro atoms. The van der Waals surface area contributed by atoms with E-state index in [-0.39, 0.29) is 6.10 Å². The average molecular weight is 297 g/mol. The first-order chi connectivity index (χ1) is 10.8. The number of H-pyrrole nitrogens is 1. The minimum absolute atomic E-state index is 0.0726. The molecule has 6 nitrogen and oxygen atoms in total. The maximum Gasteiger partial charge on any atom is 0.138 e. The molecule has 0 amide bonds. The highest BCUT2D eigenvalue weighted by atomic mass is 16.5. The first-order valence-electron chi connectivity index (χ1n) is 7.57. The number of nitrogens with one attached hydrogen (secondary N) is 2. The number of anilines is 1. The maximum absolute atomic E-state index is 5.90. The number of ether oxygens (including phenoxy) is 1. The van der Waals surface area contributed by atoms with Crippen molar-refractivity contribution in [3.63, 3.8) is 0 Å². The molecule has 2 atom stereocenters. The van der Waals surface area contributed by atoms with Crippen molar-refractivity contribution in [3.05, 3.63) is 42.7 Å². The standard InChI is InChI=1S/C16H19N5O/c1-21-6-5-17-16(21)15-11(4-7-22-15)9-18-12-2-3-13-14(8-12)20-10-19-13/h2-3,5-6,8,10-11,15,18H,4,7,9H2,1H3,(H,19,20)/t11-,15+/m0/s1. The van der Waals surface area contributed by atoms with Crippen molar-refractivity contribution in [2.24, 2.45) is 13.0 Å². The Hall–Kier alpha value is -2.34. The van der Waals surface area contributed by atoms with Gasteiger partial charge in [-0.25, -0.2) is 9.97 Å². The van der Waals surface area contributed by atoms with E-state index in [1.165, 1.54) is 0 Å². The summed E-state index contributed by atoms with van der Waals surface area (Å²) in [7, 11) is 2.01. The minimum Gasteiger partial charge on any atom is -0.385 e. The fourth-order valence-electron chi connectivity index (χ4n) is 3.07. The van der Waals surface area contributed by atoms with Crippen LogP contribution in [0.5, 0.6) is 0 Å². The molecular formula is C16H19N5O. The Balaban J connectivity index is 1.47. The Morgan fingerprint density at radius 2 is 2.36 bits per heavy atom.